The fourth-order valence-corrected chi connectivity index (χ4v) is 1.43. The van der Waals surface area contributed by atoms with Gasteiger partial charge in [-0.1, -0.05) is 23.3 Å². The molecule has 0 saturated carbocycles. The van der Waals surface area contributed by atoms with Gasteiger partial charge in [0.05, 0.1) is 0 Å². The second-order valence-electron chi connectivity index (χ2n) is 3.17. The Hall–Kier alpha value is -0.600. The van der Waals surface area contributed by atoms with E-state index in [1.54, 1.807) is 0 Å². The van der Waals surface area contributed by atoms with Crippen molar-refractivity contribution in [2.75, 3.05) is 0 Å². The highest BCUT2D eigenvalue weighted by molar-refractivity contribution is 5.27. The molecule has 2 heteroatoms. The summed E-state index contributed by atoms with van der Waals surface area (Å²) in [5, 5.41) is 9.14. The molecule has 0 aliphatic heterocycles. The van der Waals surface area contributed by atoms with Crippen molar-refractivity contribution in [3.8, 4) is 0 Å². The molecule has 0 heterocycles. The van der Waals surface area contributed by atoms with Gasteiger partial charge in [0.1, 0.15) is 6.23 Å². The molecule has 0 radical (unpaired) electrons. The first-order valence-electron chi connectivity index (χ1n) is 3.90. The summed E-state index contributed by atoms with van der Waals surface area (Å²) in [6.45, 7) is 4.07. The molecule has 0 aromatic carbocycles. The lowest BCUT2D eigenvalue weighted by Crippen LogP contribution is -2.30. The van der Waals surface area contributed by atoms with Gasteiger partial charge < -0.3 is 10.8 Å². The van der Waals surface area contributed by atoms with E-state index in [9.17, 15) is 0 Å². The fourth-order valence-electron chi connectivity index (χ4n) is 1.43. The van der Waals surface area contributed by atoms with Crippen molar-refractivity contribution in [2.24, 2.45) is 11.7 Å². The highest BCUT2D eigenvalue weighted by atomic mass is 16.3. The van der Waals surface area contributed by atoms with Crippen LogP contribution in [0.2, 0.25) is 0 Å². The van der Waals surface area contributed by atoms with Crippen molar-refractivity contribution in [3.05, 3.63) is 23.3 Å². The Morgan fingerprint density at radius 2 is 2.27 bits per heavy atom. The van der Waals surface area contributed by atoms with Crippen molar-refractivity contribution in [3.63, 3.8) is 0 Å². The van der Waals surface area contributed by atoms with Crippen LogP contribution in [-0.2, 0) is 0 Å². The third-order valence-electron chi connectivity index (χ3n) is 2.15. The van der Waals surface area contributed by atoms with Gasteiger partial charge in [-0.25, -0.2) is 0 Å². The number of hydrogen-bond donors (Lipinski definition) is 2. The Kier molecular flexibility index (Phi) is 2.47. The number of aliphatic hydroxyl groups is 1. The average Bonchev–Trinajstić information content (AvgIpc) is 1.85. The molecule has 0 saturated heterocycles. The van der Waals surface area contributed by atoms with Crippen LogP contribution in [-0.4, -0.2) is 11.3 Å². The van der Waals surface area contributed by atoms with Crippen molar-refractivity contribution in [1.82, 2.24) is 0 Å². The first-order valence-corrected chi connectivity index (χ1v) is 3.90. The molecule has 2 unspecified atom stereocenters. The van der Waals surface area contributed by atoms with E-state index in [0.717, 1.165) is 6.42 Å². The Morgan fingerprint density at radius 1 is 1.64 bits per heavy atom. The van der Waals surface area contributed by atoms with Crippen LogP contribution < -0.4 is 5.73 Å². The summed E-state index contributed by atoms with van der Waals surface area (Å²) in [6, 6.07) is 0. The minimum atomic E-state index is -0.712. The Balaban J connectivity index is 2.72. The van der Waals surface area contributed by atoms with Gasteiger partial charge in [0.25, 0.3) is 0 Å². The van der Waals surface area contributed by atoms with Crippen molar-refractivity contribution >= 4 is 0 Å². The van der Waals surface area contributed by atoms with Gasteiger partial charge in [-0.3, -0.25) is 0 Å². The van der Waals surface area contributed by atoms with E-state index in [1.807, 2.05) is 6.92 Å². The number of nitrogens with two attached hydrogens (primary N) is 1. The molecule has 0 spiro atoms. The van der Waals surface area contributed by atoms with Crippen molar-refractivity contribution in [1.29, 1.82) is 0 Å². The number of rotatable bonds is 1. The predicted molar refractivity (Wildman–Crippen MR) is 45.8 cm³/mol. The maximum absolute atomic E-state index is 9.14. The molecule has 1 rings (SSSR count). The Labute approximate surface area is 67.4 Å². The van der Waals surface area contributed by atoms with Gasteiger partial charge in [-0.15, -0.1) is 0 Å². The smallest absolute Gasteiger partial charge is 0.109 e. The maximum atomic E-state index is 9.14. The molecule has 2 nitrogen and oxygen atoms in total. The summed E-state index contributed by atoms with van der Waals surface area (Å²) in [7, 11) is 0. The third kappa shape index (κ3) is 1.91. The van der Waals surface area contributed by atoms with E-state index in [0.29, 0.717) is 0 Å². The summed E-state index contributed by atoms with van der Waals surface area (Å²) < 4.78 is 0. The molecule has 0 fully saturated rings. The lowest BCUT2D eigenvalue weighted by atomic mass is 9.89. The molecule has 0 aromatic rings. The molecular weight excluding hydrogens is 138 g/mol. The molecule has 1 aliphatic carbocycles. The molecule has 1 aliphatic rings. The zero-order chi connectivity index (χ0) is 8.43. The van der Waals surface area contributed by atoms with E-state index in [4.69, 9.17) is 10.8 Å². The van der Waals surface area contributed by atoms with Gasteiger partial charge >= 0.3 is 0 Å². The minimum Gasteiger partial charge on any atom is -0.378 e. The quantitative estimate of drug-likeness (QED) is 0.555. The average molecular weight is 153 g/mol. The molecule has 62 valence electrons. The number of aliphatic hydroxyl groups excluding tert-OH is 1. The van der Waals surface area contributed by atoms with Crippen molar-refractivity contribution in [2.45, 2.75) is 26.5 Å². The Bertz CT molecular complexity index is 204. The number of allylic oxidation sites excluding steroid dienone is 3. The molecule has 0 bridgehead atoms. The van der Waals surface area contributed by atoms with Crippen LogP contribution in [0, 0.1) is 5.92 Å². The van der Waals surface area contributed by atoms with Crippen LogP contribution in [0.5, 0.6) is 0 Å². The highest BCUT2D eigenvalue weighted by Gasteiger charge is 2.18. The summed E-state index contributed by atoms with van der Waals surface area (Å²) in [4.78, 5) is 0. The summed E-state index contributed by atoms with van der Waals surface area (Å²) >= 11 is 0. The van der Waals surface area contributed by atoms with E-state index in [-0.39, 0.29) is 5.92 Å². The third-order valence-corrected chi connectivity index (χ3v) is 2.15. The second-order valence-corrected chi connectivity index (χ2v) is 3.17. The predicted octanol–water partition coefficient (Wildman–Crippen LogP) is 1.18. The van der Waals surface area contributed by atoms with E-state index in [2.05, 4.69) is 19.1 Å². The van der Waals surface area contributed by atoms with Crippen LogP contribution in [0.3, 0.4) is 0 Å². The molecule has 0 aromatic heterocycles. The van der Waals surface area contributed by atoms with Gasteiger partial charge in [0.15, 0.2) is 0 Å². The standard InChI is InChI=1S/C9H15NO/c1-6-3-4-8(9(10)11)7(2)5-6/h3,5,8-9,11H,4,10H2,1-2H3. The molecule has 3 N–H and O–H groups in total. The highest BCUT2D eigenvalue weighted by Crippen LogP contribution is 2.24. The monoisotopic (exact) mass is 153 g/mol. The van der Waals surface area contributed by atoms with Crippen LogP contribution in [0.15, 0.2) is 23.3 Å². The van der Waals surface area contributed by atoms with E-state index < -0.39 is 6.23 Å². The Morgan fingerprint density at radius 3 is 2.73 bits per heavy atom. The lowest BCUT2D eigenvalue weighted by Gasteiger charge is -2.22. The molecule has 11 heavy (non-hydrogen) atoms. The van der Waals surface area contributed by atoms with Crippen LogP contribution in [0.25, 0.3) is 0 Å². The second kappa shape index (κ2) is 3.20. The first kappa shape index (κ1) is 8.50. The zero-order valence-corrected chi connectivity index (χ0v) is 7.04. The minimum absolute atomic E-state index is 0.124. The summed E-state index contributed by atoms with van der Waals surface area (Å²) in [5.74, 6) is 0.124. The number of hydrogen-bond acceptors (Lipinski definition) is 2. The van der Waals surface area contributed by atoms with Crippen LogP contribution in [0.1, 0.15) is 20.3 Å². The van der Waals surface area contributed by atoms with E-state index in [1.165, 1.54) is 11.1 Å². The maximum Gasteiger partial charge on any atom is 0.109 e. The van der Waals surface area contributed by atoms with Gasteiger partial charge in [-0.2, -0.15) is 0 Å². The lowest BCUT2D eigenvalue weighted by molar-refractivity contribution is 0.132. The largest absolute Gasteiger partial charge is 0.378 e. The van der Waals surface area contributed by atoms with E-state index >= 15 is 0 Å². The fraction of sp³-hybridized carbons (Fsp3) is 0.556. The van der Waals surface area contributed by atoms with Crippen LogP contribution >= 0.6 is 0 Å². The van der Waals surface area contributed by atoms with Gasteiger partial charge in [0, 0.05) is 5.92 Å². The van der Waals surface area contributed by atoms with Crippen LogP contribution in [0.4, 0.5) is 0 Å². The topological polar surface area (TPSA) is 46.2 Å². The van der Waals surface area contributed by atoms with Gasteiger partial charge in [-0.05, 0) is 20.3 Å². The van der Waals surface area contributed by atoms with Crippen molar-refractivity contribution < 1.29 is 5.11 Å². The molecular formula is C9H15NO. The van der Waals surface area contributed by atoms with Gasteiger partial charge in [0.2, 0.25) is 0 Å². The normalized spacial score (nSPS) is 27.5. The molecule has 0 amide bonds. The summed E-state index contributed by atoms with van der Waals surface area (Å²) in [5.41, 5.74) is 7.83. The first-order chi connectivity index (χ1) is 5.11. The zero-order valence-electron chi connectivity index (χ0n) is 7.04. The SMILES string of the molecule is CC1=CCC(C(N)O)C(C)=C1. The molecule has 2 atom stereocenters. The summed E-state index contributed by atoms with van der Waals surface area (Å²) in [6.07, 6.45) is 4.33.